The minimum absolute atomic E-state index is 0.203. The largest absolute Gasteiger partial charge is 0.450 e. The van der Waals surface area contributed by atoms with Crippen molar-refractivity contribution in [3.63, 3.8) is 0 Å². The summed E-state index contributed by atoms with van der Waals surface area (Å²) >= 11 is 0. The van der Waals surface area contributed by atoms with E-state index in [1.165, 1.54) is 11.8 Å². The number of ether oxygens (including phenoxy) is 1. The van der Waals surface area contributed by atoms with Crippen LogP contribution in [0, 0.1) is 0 Å². The van der Waals surface area contributed by atoms with Gasteiger partial charge in [-0.2, -0.15) is 4.98 Å². The molecule has 0 radical (unpaired) electrons. The second-order valence-corrected chi connectivity index (χ2v) is 11.2. The minimum Gasteiger partial charge on any atom is -0.450 e. The Kier molecular flexibility index (Phi) is 6.89. The van der Waals surface area contributed by atoms with Crippen LogP contribution in [0.1, 0.15) is 42.7 Å². The summed E-state index contributed by atoms with van der Waals surface area (Å²) in [6, 6.07) is 12.7. The van der Waals surface area contributed by atoms with Crippen LogP contribution in [-0.2, 0) is 11.3 Å². The number of benzene rings is 2. The maximum Gasteiger partial charge on any atom is 0.347 e. The third-order valence-corrected chi connectivity index (χ3v) is 8.58. The van der Waals surface area contributed by atoms with Crippen molar-refractivity contribution >= 4 is 28.4 Å². The van der Waals surface area contributed by atoms with Crippen molar-refractivity contribution in [3.8, 4) is 11.5 Å². The first kappa shape index (κ1) is 25.7. The van der Waals surface area contributed by atoms with Crippen molar-refractivity contribution in [1.82, 2.24) is 35.1 Å². The van der Waals surface area contributed by atoms with E-state index in [1.807, 2.05) is 12.1 Å². The van der Waals surface area contributed by atoms with Gasteiger partial charge in [0.1, 0.15) is 0 Å². The van der Waals surface area contributed by atoms with Gasteiger partial charge >= 0.3 is 5.69 Å². The van der Waals surface area contributed by atoms with E-state index < -0.39 is 5.69 Å². The standard InChI is InChI=1S/C30H34N8O3/c39-28(38(22-5-9-31-10-6-22)16-19-1-3-23-24(13-19)34-18-33-23)17-37-11-7-20(8-12-37)21-2-4-26-25(14-21)35-29-27(41-26)15-32-30(40)36-29/h1-4,13-15,18,20,22,31H,5-12,16-17H2,(H,33,34)(H2,32,35,36,40). The van der Waals surface area contributed by atoms with Crippen molar-refractivity contribution < 1.29 is 9.53 Å². The van der Waals surface area contributed by atoms with E-state index in [0.717, 1.165) is 74.1 Å². The third-order valence-electron chi connectivity index (χ3n) is 8.58. The number of anilines is 2. The van der Waals surface area contributed by atoms with Crippen LogP contribution in [0.25, 0.3) is 11.0 Å². The molecule has 4 N–H and O–H groups in total. The molecule has 4 aromatic rings. The molecule has 11 nitrogen and oxygen atoms in total. The van der Waals surface area contributed by atoms with Gasteiger partial charge in [0.05, 0.1) is 35.8 Å². The van der Waals surface area contributed by atoms with Crippen LogP contribution in [0.3, 0.4) is 0 Å². The van der Waals surface area contributed by atoms with Gasteiger partial charge < -0.3 is 30.2 Å². The van der Waals surface area contributed by atoms with E-state index in [0.29, 0.717) is 36.3 Å². The minimum atomic E-state index is -0.418. The van der Waals surface area contributed by atoms with Crippen molar-refractivity contribution in [2.45, 2.75) is 44.2 Å². The molecule has 2 aromatic carbocycles. The molecule has 1 amide bonds. The number of likely N-dealkylation sites (tertiary alicyclic amines) is 1. The molecular weight excluding hydrogens is 520 g/mol. The number of hydrogen-bond donors (Lipinski definition) is 4. The van der Waals surface area contributed by atoms with Crippen molar-refractivity contribution in [3.05, 3.63) is 70.5 Å². The number of fused-ring (bicyclic) bond motifs is 3. The molecule has 11 heteroatoms. The summed E-state index contributed by atoms with van der Waals surface area (Å²) in [6.07, 6.45) is 7.14. The molecular formula is C30H34N8O3. The highest BCUT2D eigenvalue weighted by molar-refractivity contribution is 5.79. The fraction of sp³-hybridized carbons (Fsp3) is 0.400. The van der Waals surface area contributed by atoms with E-state index in [-0.39, 0.29) is 11.9 Å². The number of H-pyrrole nitrogens is 2. The predicted molar refractivity (Wildman–Crippen MR) is 156 cm³/mol. The van der Waals surface area contributed by atoms with Gasteiger partial charge in [0.2, 0.25) is 5.91 Å². The lowest BCUT2D eigenvalue weighted by Crippen LogP contribution is -2.49. The van der Waals surface area contributed by atoms with Gasteiger partial charge in [0.15, 0.2) is 17.3 Å². The number of aromatic amines is 2. The average Bonchev–Trinajstić information content (AvgIpc) is 3.47. The summed E-state index contributed by atoms with van der Waals surface area (Å²) in [4.78, 5) is 43.9. The zero-order valence-electron chi connectivity index (χ0n) is 22.9. The van der Waals surface area contributed by atoms with Crippen LogP contribution >= 0.6 is 0 Å². The fourth-order valence-electron chi connectivity index (χ4n) is 6.30. The van der Waals surface area contributed by atoms with Gasteiger partial charge in [-0.25, -0.2) is 9.78 Å². The lowest BCUT2D eigenvalue weighted by molar-refractivity contribution is -0.136. The van der Waals surface area contributed by atoms with Crippen LogP contribution in [-0.4, -0.2) is 74.4 Å². The Balaban J connectivity index is 0.997. The first-order chi connectivity index (χ1) is 20.1. The number of nitrogens with zero attached hydrogens (tertiary/aromatic N) is 4. The molecule has 3 aliphatic heterocycles. The van der Waals surface area contributed by atoms with Crippen LogP contribution in [0.2, 0.25) is 0 Å². The number of amides is 1. The van der Waals surface area contributed by atoms with Crippen molar-refractivity contribution in [2.24, 2.45) is 0 Å². The topological polar surface area (TPSA) is 131 Å². The summed E-state index contributed by atoms with van der Waals surface area (Å²) in [5.74, 6) is 2.23. The average molecular weight is 555 g/mol. The highest BCUT2D eigenvalue weighted by Crippen LogP contribution is 2.42. The van der Waals surface area contributed by atoms with Gasteiger partial charge in [-0.1, -0.05) is 12.1 Å². The fourth-order valence-corrected chi connectivity index (χ4v) is 6.30. The number of imidazole rings is 1. The van der Waals surface area contributed by atoms with Crippen LogP contribution < -0.4 is 21.1 Å². The van der Waals surface area contributed by atoms with E-state index in [1.54, 1.807) is 6.33 Å². The Morgan fingerprint density at radius 1 is 1.02 bits per heavy atom. The van der Waals surface area contributed by atoms with Crippen LogP contribution in [0.5, 0.6) is 11.5 Å². The van der Waals surface area contributed by atoms with Gasteiger partial charge in [0, 0.05) is 12.6 Å². The smallest absolute Gasteiger partial charge is 0.347 e. The Morgan fingerprint density at radius 2 is 1.88 bits per heavy atom. The normalized spacial score (nSPS) is 17.9. The monoisotopic (exact) mass is 554 g/mol. The number of piperidine rings is 2. The number of rotatable bonds is 6. The quantitative estimate of drug-likeness (QED) is 0.251. The molecule has 212 valence electrons. The molecule has 0 unspecified atom stereocenters. The Morgan fingerprint density at radius 3 is 2.73 bits per heavy atom. The van der Waals surface area contributed by atoms with Gasteiger partial charge in [-0.3, -0.25) is 9.69 Å². The molecule has 2 saturated heterocycles. The zero-order valence-corrected chi connectivity index (χ0v) is 22.9. The first-order valence-electron chi connectivity index (χ1n) is 14.4. The lowest BCUT2D eigenvalue weighted by atomic mass is 9.89. The summed E-state index contributed by atoms with van der Waals surface area (Å²) < 4.78 is 5.91. The molecule has 3 aliphatic rings. The van der Waals surface area contributed by atoms with Gasteiger partial charge in [-0.15, -0.1) is 0 Å². The highest BCUT2D eigenvalue weighted by atomic mass is 16.5. The SMILES string of the molecule is O=C(CN1CCC(c2ccc3c(c2)Nc2nc(=O)[nH]cc2O3)CC1)N(Cc1ccc2[nH]cnc2c1)C1CCNCC1. The number of nitrogens with one attached hydrogen (secondary N) is 4. The number of carbonyl (C=O) groups is 1. The number of carbonyl (C=O) groups excluding carboxylic acids is 1. The maximum absolute atomic E-state index is 13.8. The highest BCUT2D eigenvalue weighted by Gasteiger charge is 2.29. The molecule has 2 fully saturated rings. The second kappa shape index (κ2) is 11.0. The number of hydrogen-bond acceptors (Lipinski definition) is 8. The van der Waals surface area contributed by atoms with Gasteiger partial charge in [0.25, 0.3) is 0 Å². The molecule has 0 aliphatic carbocycles. The Bertz CT molecular complexity index is 1620. The molecule has 0 saturated carbocycles. The van der Waals surface area contributed by atoms with Gasteiger partial charge in [-0.05, 0) is 93.2 Å². The molecule has 41 heavy (non-hydrogen) atoms. The van der Waals surface area contributed by atoms with E-state index in [4.69, 9.17) is 4.74 Å². The molecule has 0 atom stereocenters. The predicted octanol–water partition coefficient (Wildman–Crippen LogP) is 3.46. The Hall–Kier alpha value is -4.22. The van der Waals surface area contributed by atoms with E-state index >= 15 is 0 Å². The summed E-state index contributed by atoms with van der Waals surface area (Å²) in [6.45, 7) is 4.68. The summed E-state index contributed by atoms with van der Waals surface area (Å²) in [7, 11) is 0. The molecule has 2 aromatic heterocycles. The number of aromatic nitrogens is 4. The Labute approximate surface area is 237 Å². The maximum atomic E-state index is 13.8. The zero-order chi connectivity index (χ0) is 27.8. The molecule has 0 bridgehead atoms. The van der Waals surface area contributed by atoms with E-state index in [9.17, 15) is 9.59 Å². The van der Waals surface area contributed by atoms with Crippen LogP contribution in [0.4, 0.5) is 11.5 Å². The van der Waals surface area contributed by atoms with Crippen molar-refractivity contribution in [2.75, 3.05) is 38.0 Å². The summed E-state index contributed by atoms with van der Waals surface area (Å²) in [5.41, 5.74) is 4.68. The first-order valence-corrected chi connectivity index (χ1v) is 14.4. The van der Waals surface area contributed by atoms with E-state index in [2.05, 4.69) is 64.6 Å². The third kappa shape index (κ3) is 5.42. The summed E-state index contributed by atoms with van der Waals surface area (Å²) in [5, 5.41) is 6.67. The van der Waals surface area contributed by atoms with Crippen LogP contribution in [0.15, 0.2) is 53.7 Å². The molecule has 5 heterocycles. The van der Waals surface area contributed by atoms with Crippen molar-refractivity contribution in [1.29, 1.82) is 0 Å². The molecule has 0 spiro atoms. The molecule has 7 rings (SSSR count). The second-order valence-electron chi connectivity index (χ2n) is 11.2. The lowest BCUT2D eigenvalue weighted by Gasteiger charge is -2.38.